The molecule has 0 aliphatic rings. The highest BCUT2D eigenvalue weighted by atomic mass is 35.5. The van der Waals surface area contributed by atoms with Gasteiger partial charge in [0.25, 0.3) is 0 Å². The SMILES string of the molecule is COC(=O)C(N)c1cnc2ccc(Cl)cc2n1. The summed E-state index contributed by atoms with van der Waals surface area (Å²) in [4.78, 5) is 19.7. The van der Waals surface area contributed by atoms with Gasteiger partial charge in [-0.1, -0.05) is 11.6 Å². The Kier molecular flexibility index (Phi) is 3.21. The molecule has 1 aromatic heterocycles. The number of aromatic nitrogens is 2. The first-order valence-electron chi connectivity index (χ1n) is 4.87. The van der Waals surface area contributed by atoms with Crippen LogP contribution < -0.4 is 5.73 Å². The second-order valence-corrected chi connectivity index (χ2v) is 3.87. The Morgan fingerprint density at radius 2 is 2.24 bits per heavy atom. The van der Waals surface area contributed by atoms with E-state index in [4.69, 9.17) is 17.3 Å². The van der Waals surface area contributed by atoms with Crippen molar-refractivity contribution in [2.24, 2.45) is 5.73 Å². The topological polar surface area (TPSA) is 78.1 Å². The number of carbonyl (C=O) groups excluding carboxylic acids is 1. The van der Waals surface area contributed by atoms with Gasteiger partial charge in [0.2, 0.25) is 0 Å². The van der Waals surface area contributed by atoms with Gasteiger partial charge in [-0.05, 0) is 18.2 Å². The molecular formula is C11H10ClN3O2. The number of ether oxygens (including phenoxy) is 1. The minimum absolute atomic E-state index is 0.353. The van der Waals surface area contributed by atoms with Crippen molar-refractivity contribution in [1.29, 1.82) is 0 Å². The average Bonchev–Trinajstić information content (AvgIpc) is 2.36. The lowest BCUT2D eigenvalue weighted by Gasteiger charge is -2.08. The molecule has 0 spiro atoms. The van der Waals surface area contributed by atoms with E-state index in [1.807, 2.05) is 0 Å². The molecule has 0 radical (unpaired) electrons. The summed E-state index contributed by atoms with van der Waals surface area (Å²) in [6.45, 7) is 0. The van der Waals surface area contributed by atoms with E-state index >= 15 is 0 Å². The number of nitrogens with two attached hydrogens (primary N) is 1. The second-order valence-electron chi connectivity index (χ2n) is 3.43. The summed E-state index contributed by atoms with van der Waals surface area (Å²) in [5.74, 6) is -0.555. The van der Waals surface area contributed by atoms with Crippen LogP contribution in [0.5, 0.6) is 0 Å². The first kappa shape index (κ1) is 11.8. The molecule has 6 heteroatoms. The van der Waals surface area contributed by atoms with E-state index in [0.717, 1.165) is 0 Å². The summed E-state index contributed by atoms with van der Waals surface area (Å²) in [7, 11) is 1.27. The lowest BCUT2D eigenvalue weighted by molar-refractivity contribution is -0.142. The molecule has 0 aliphatic carbocycles. The highest BCUT2D eigenvalue weighted by Crippen LogP contribution is 2.18. The minimum atomic E-state index is -0.934. The fraction of sp³-hybridized carbons (Fsp3) is 0.182. The van der Waals surface area contributed by atoms with Gasteiger partial charge in [0.15, 0.2) is 0 Å². The zero-order valence-electron chi connectivity index (χ0n) is 9.05. The number of benzene rings is 1. The van der Waals surface area contributed by atoms with Crippen LogP contribution in [0.1, 0.15) is 11.7 Å². The molecular weight excluding hydrogens is 242 g/mol. The van der Waals surface area contributed by atoms with Crippen molar-refractivity contribution in [3.05, 3.63) is 35.1 Å². The van der Waals surface area contributed by atoms with Crippen molar-refractivity contribution in [2.75, 3.05) is 7.11 Å². The summed E-state index contributed by atoms with van der Waals surface area (Å²) >= 11 is 5.85. The highest BCUT2D eigenvalue weighted by molar-refractivity contribution is 6.31. The number of hydrogen-bond donors (Lipinski definition) is 1. The number of hydrogen-bond acceptors (Lipinski definition) is 5. The number of fused-ring (bicyclic) bond motifs is 1. The predicted octanol–water partition coefficient (Wildman–Crippen LogP) is 1.46. The second kappa shape index (κ2) is 4.65. The first-order chi connectivity index (χ1) is 8.11. The molecule has 2 N–H and O–H groups in total. The van der Waals surface area contributed by atoms with E-state index in [-0.39, 0.29) is 0 Å². The predicted molar refractivity (Wildman–Crippen MR) is 63.5 cm³/mol. The maximum absolute atomic E-state index is 11.3. The molecule has 0 fully saturated rings. The lowest BCUT2D eigenvalue weighted by atomic mass is 10.2. The van der Waals surface area contributed by atoms with Crippen molar-refractivity contribution in [2.45, 2.75) is 6.04 Å². The number of rotatable bonds is 2. The molecule has 17 heavy (non-hydrogen) atoms. The number of methoxy groups -OCH3 is 1. The number of nitrogens with zero attached hydrogens (tertiary/aromatic N) is 2. The highest BCUT2D eigenvalue weighted by Gasteiger charge is 2.18. The standard InChI is InChI=1S/C11H10ClN3O2/c1-17-11(16)10(13)9-5-14-7-3-2-6(12)4-8(7)15-9/h2-5,10H,13H2,1H3. The molecule has 0 saturated carbocycles. The van der Waals surface area contributed by atoms with Crippen LogP contribution in [0.25, 0.3) is 11.0 Å². The van der Waals surface area contributed by atoms with Gasteiger partial charge in [-0.15, -0.1) is 0 Å². The molecule has 5 nitrogen and oxygen atoms in total. The number of esters is 1. The molecule has 1 unspecified atom stereocenters. The van der Waals surface area contributed by atoms with Gasteiger partial charge in [-0.2, -0.15) is 0 Å². The smallest absolute Gasteiger partial charge is 0.328 e. The fourth-order valence-electron chi connectivity index (χ4n) is 1.40. The van der Waals surface area contributed by atoms with Crippen LogP contribution in [0, 0.1) is 0 Å². The van der Waals surface area contributed by atoms with Crippen LogP contribution in [0.3, 0.4) is 0 Å². The molecule has 0 saturated heterocycles. The molecule has 0 amide bonds. The minimum Gasteiger partial charge on any atom is -0.468 e. The van der Waals surface area contributed by atoms with Crippen LogP contribution >= 0.6 is 11.6 Å². The zero-order chi connectivity index (χ0) is 12.4. The van der Waals surface area contributed by atoms with Crippen LogP contribution in [-0.2, 0) is 9.53 Å². The maximum Gasteiger partial charge on any atom is 0.328 e. The van der Waals surface area contributed by atoms with Crippen LogP contribution in [0.4, 0.5) is 0 Å². The van der Waals surface area contributed by atoms with E-state index in [2.05, 4.69) is 14.7 Å². The summed E-state index contributed by atoms with van der Waals surface area (Å²) < 4.78 is 4.54. The fourth-order valence-corrected chi connectivity index (χ4v) is 1.56. The van der Waals surface area contributed by atoms with Gasteiger partial charge in [0, 0.05) is 5.02 Å². The van der Waals surface area contributed by atoms with E-state index in [9.17, 15) is 4.79 Å². The van der Waals surface area contributed by atoms with Crippen molar-refractivity contribution >= 4 is 28.6 Å². The Labute approximate surface area is 103 Å². The quantitative estimate of drug-likeness (QED) is 0.818. The van der Waals surface area contributed by atoms with Crippen molar-refractivity contribution in [3.63, 3.8) is 0 Å². The van der Waals surface area contributed by atoms with Gasteiger partial charge in [-0.3, -0.25) is 4.98 Å². The largest absolute Gasteiger partial charge is 0.468 e. The first-order valence-corrected chi connectivity index (χ1v) is 5.25. The van der Waals surface area contributed by atoms with Crippen LogP contribution in [-0.4, -0.2) is 23.0 Å². The van der Waals surface area contributed by atoms with E-state index in [1.54, 1.807) is 18.2 Å². The molecule has 1 heterocycles. The third kappa shape index (κ3) is 2.35. The Morgan fingerprint density at radius 3 is 2.94 bits per heavy atom. The summed E-state index contributed by atoms with van der Waals surface area (Å²) in [6, 6.07) is 4.20. The van der Waals surface area contributed by atoms with Crippen LogP contribution in [0.2, 0.25) is 5.02 Å². The van der Waals surface area contributed by atoms with Crippen LogP contribution in [0.15, 0.2) is 24.4 Å². The third-order valence-electron chi connectivity index (χ3n) is 2.30. The van der Waals surface area contributed by atoms with E-state index < -0.39 is 12.0 Å². The monoisotopic (exact) mass is 251 g/mol. The molecule has 0 aliphatic heterocycles. The van der Waals surface area contributed by atoms with Gasteiger partial charge < -0.3 is 10.5 Å². The van der Waals surface area contributed by atoms with Crippen molar-refractivity contribution in [3.8, 4) is 0 Å². The van der Waals surface area contributed by atoms with Gasteiger partial charge in [-0.25, -0.2) is 9.78 Å². The zero-order valence-corrected chi connectivity index (χ0v) is 9.81. The molecule has 0 bridgehead atoms. The van der Waals surface area contributed by atoms with Crippen molar-refractivity contribution < 1.29 is 9.53 Å². The summed E-state index contributed by atoms with van der Waals surface area (Å²) in [5.41, 5.74) is 7.30. The summed E-state index contributed by atoms with van der Waals surface area (Å²) in [6.07, 6.45) is 1.46. The Morgan fingerprint density at radius 1 is 1.47 bits per heavy atom. The van der Waals surface area contributed by atoms with Gasteiger partial charge in [0.05, 0.1) is 30.0 Å². The molecule has 1 atom stereocenters. The molecule has 1 aromatic carbocycles. The van der Waals surface area contributed by atoms with Crippen molar-refractivity contribution in [1.82, 2.24) is 9.97 Å². The Hall–Kier alpha value is -1.72. The molecule has 2 aromatic rings. The number of halogens is 1. The normalized spacial score (nSPS) is 12.4. The molecule has 88 valence electrons. The van der Waals surface area contributed by atoms with Gasteiger partial charge in [0.1, 0.15) is 6.04 Å². The van der Waals surface area contributed by atoms with E-state index in [1.165, 1.54) is 13.3 Å². The average molecular weight is 252 g/mol. The molecule has 2 rings (SSSR count). The third-order valence-corrected chi connectivity index (χ3v) is 2.53. The van der Waals surface area contributed by atoms with E-state index in [0.29, 0.717) is 21.7 Å². The number of carbonyl (C=O) groups is 1. The summed E-state index contributed by atoms with van der Waals surface area (Å²) in [5, 5.41) is 0.551. The Bertz CT molecular complexity index is 574. The lowest BCUT2D eigenvalue weighted by Crippen LogP contribution is -2.23. The maximum atomic E-state index is 11.3. The van der Waals surface area contributed by atoms with Gasteiger partial charge >= 0.3 is 5.97 Å². The Balaban J connectivity index is 2.46.